The lowest BCUT2D eigenvalue weighted by molar-refractivity contribution is -0.122. The van der Waals surface area contributed by atoms with Crippen molar-refractivity contribution in [1.29, 1.82) is 0 Å². The van der Waals surface area contributed by atoms with Crippen LogP contribution in [0.2, 0.25) is 0 Å². The smallest absolute Gasteiger partial charge is 0.258 e. The summed E-state index contributed by atoms with van der Waals surface area (Å²) in [7, 11) is 0. The topological polar surface area (TPSA) is 79.0 Å². The summed E-state index contributed by atoms with van der Waals surface area (Å²) in [6, 6.07) is 10.1. The van der Waals surface area contributed by atoms with Crippen LogP contribution in [0.25, 0.3) is 0 Å². The van der Waals surface area contributed by atoms with E-state index in [-0.39, 0.29) is 29.6 Å². The number of rotatable bonds is 4. The molecule has 0 bridgehead atoms. The molecule has 1 aromatic heterocycles. The Kier molecular flexibility index (Phi) is 3.72. The lowest BCUT2D eigenvalue weighted by Gasteiger charge is -2.14. The van der Waals surface area contributed by atoms with Gasteiger partial charge in [0, 0.05) is 6.42 Å². The summed E-state index contributed by atoms with van der Waals surface area (Å²) >= 11 is 0. The van der Waals surface area contributed by atoms with Crippen LogP contribution in [-0.2, 0) is 22.4 Å². The second-order valence-electron chi connectivity index (χ2n) is 6.24. The molecule has 1 N–H and O–H groups in total. The minimum Gasteiger partial charge on any atom is -0.274 e. The monoisotopic (exact) mass is 322 g/mol. The molecular weight excluding hydrogens is 304 g/mol. The zero-order chi connectivity index (χ0) is 16.5. The van der Waals surface area contributed by atoms with Crippen LogP contribution in [0.15, 0.2) is 42.5 Å². The maximum Gasteiger partial charge on any atom is 0.258 e. The van der Waals surface area contributed by atoms with Crippen LogP contribution in [0.5, 0.6) is 0 Å². The predicted molar refractivity (Wildman–Crippen MR) is 88.1 cm³/mol. The van der Waals surface area contributed by atoms with Gasteiger partial charge in [-0.15, -0.1) is 5.10 Å². The molecule has 122 valence electrons. The number of carbonyl (C=O) groups is 2. The van der Waals surface area contributed by atoms with Gasteiger partial charge < -0.3 is 0 Å². The molecule has 1 saturated heterocycles. The van der Waals surface area contributed by atoms with E-state index in [1.54, 1.807) is 0 Å². The first-order valence-corrected chi connectivity index (χ1v) is 8.22. The second kappa shape index (κ2) is 6.03. The number of carbonyl (C=O) groups excluding carboxylic acids is 2. The first kappa shape index (κ1) is 14.8. The van der Waals surface area contributed by atoms with Crippen LogP contribution in [0.1, 0.15) is 24.2 Å². The summed E-state index contributed by atoms with van der Waals surface area (Å²) in [5, 5.41) is 6.95. The maximum atomic E-state index is 12.5. The lowest BCUT2D eigenvalue weighted by atomic mass is 9.85. The highest BCUT2D eigenvalue weighted by Crippen LogP contribution is 2.36. The highest BCUT2D eigenvalue weighted by Gasteiger charge is 2.49. The number of benzene rings is 1. The molecule has 1 aromatic carbocycles. The summed E-state index contributed by atoms with van der Waals surface area (Å²) in [6.45, 7) is 0. The van der Waals surface area contributed by atoms with Crippen molar-refractivity contribution in [2.24, 2.45) is 11.8 Å². The lowest BCUT2D eigenvalue weighted by Crippen LogP contribution is -2.31. The molecule has 0 radical (unpaired) electrons. The van der Waals surface area contributed by atoms with Crippen LogP contribution in [0.3, 0.4) is 0 Å². The fourth-order valence-corrected chi connectivity index (χ4v) is 3.40. The van der Waals surface area contributed by atoms with E-state index in [9.17, 15) is 9.59 Å². The normalized spacial score (nSPS) is 22.9. The van der Waals surface area contributed by atoms with Crippen molar-refractivity contribution in [3.63, 3.8) is 0 Å². The molecule has 0 saturated carbocycles. The third-order valence-corrected chi connectivity index (χ3v) is 4.72. The van der Waals surface area contributed by atoms with Gasteiger partial charge in [0.15, 0.2) is 0 Å². The van der Waals surface area contributed by atoms with Gasteiger partial charge >= 0.3 is 0 Å². The third kappa shape index (κ3) is 2.54. The van der Waals surface area contributed by atoms with Crippen molar-refractivity contribution < 1.29 is 9.59 Å². The van der Waals surface area contributed by atoms with E-state index in [4.69, 9.17) is 0 Å². The summed E-state index contributed by atoms with van der Waals surface area (Å²) in [5.41, 5.74) is 1.21. The van der Waals surface area contributed by atoms with E-state index >= 15 is 0 Å². The van der Waals surface area contributed by atoms with Crippen molar-refractivity contribution in [2.45, 2.75) is 25.7 Å². The van der Waals surface area contributed by atoms with Gasteiger partial charge in [0.2, 0.25) is 11.8 Å². The SMILES string of the molecule is O=C1[C@H]2CC=CC[C@@H]2C(=O)N1c1n[nH]c(CCc2ccccc2)n1. The van der Waals surface area contributed by atoms with Crippen LogP contribution < -0.4 is 4.90 Å². The van der Waals surface area contributed by atoms with Crippen LogP contribution in [-0.4, -0.2) is 27.0 Å². The van der Waals surface area contributed by atoms with E-state index in [0.29, 0.717) is 25.1 Å². The molecule has 2 heterocycles. The van der Waals surface area contributed by atoms with E-state index < -0.39 is 0 Å². The molecule has 0 unspecified atom stereocenters. The first-order chi connectivity index (χ1) is 11.7. The molecule has 6 nitrogen and oxygen atoms in total. The number of nitrogens with one attached hydrogen (secondary N) is 1. The van der Waals surface area contributed by atoms with Gasteiger partial charge in [0.05, 0.1) is 11.8 Å². The Bertz CT molecular complexity index is 770. The number of anilines is 1. The summed E-state index contributed by atoms with van der Waals surface area (Å²) in [5.74, 6) is -0.00151. The molecule has 6 heteroatoms. The van der Waals surface area contributed by atoms with Crippen molar-refractivity contribution in [2.75, 3.05) is 4.90 Å². The number of nitrogens with zero attached hydrogens (tertiary/aromatic N) is 3. The van der Waals surface area contributed by atoms with Crippen LogP contribution in [0.4, 0.5) is 5.95 Å². The third-order valence-electron chi connectivity index (χ3n) is 4.72. The average Bonchev–Trinajstić information content (AvgIpc) is 3.18. The van der Waals surface area contributed by atoms with Gasteiger partial charge in [-0.1, -0.05) is 42.5 Å². The molecule has 1 fully saturated rings. The Hall–Kier alpha value is -2.76. The van der Waals surface area contributed by atoms with E-state index in [1.807, 2.05) is 30.4 Å². The highest BCUT2D eigenvalue weighted by molar-refractivity contribution is 6.21. The fraction of sp³-hybridized carbons (Fsp3) is 0.333. The van der Waals surface area contributed by atoms with Gasteiger partial charge in [-0.25, -0.2) is 4.90 Å². The number of hydrogen-bond acceptors (Lipinski definition) is 4. The number of imide groups is 1. The minimum absolute atomic E-state index is 0.178. The summed E-state index contributed by atoms with van der Waals surface area (Å²) in [6.07, 6.45) is 6.69. The Morgan fingerprint density at radius 3 is 2.33 bits per heavy atom. The van der Waals surface area contributed by atoms with Gasteiger partial charge in [0.1, 0.15) is 5.82 Å². The van der Waals surface area contributed by atoms with Crippen molar-refractivity contribution in [3.8, 4) is 0 Å². The quantitative estimate of drug-likeness (QED) is 0.690. The van der Waals surface area contributed by atoms with Crippen LogP contribution >= 0.6 is 0 Å². The average molecular weight is 322 g/mol. The molecule has 2 atom stereocenters. The predicted octanol–water partition coefficient (Wildman–Crippen LogP) is 2.05. The number of hydrogen-bond donors (Lipinski definition) is 1. The number of amides is 2. The number of H-pyrrole nitrogens is 1. The maximum absolute atomic E-state index is 12.5. The zero-order valence-corrected chi connectivity index (χ0v) is 13.2. The molecule has 2 aromatic rings. The molecule has 0 spiro atoms. The Balaban J connectivity index is 1.48. The van der Waals surface area contributed by atoms with E-state index in [0.717, 1.165) is 11.3 Å². The van der Waals surface area contributed by atoms with E-state index in [1.165, 1.54) is 5.56 Å². The molecule has 2 amide bonds. The Labute approximate surface area is 139 Å². The standard InChI is InChI=1S/C18H18N4O2/c23-16-13-8-4-5-9-14(13)17(24)22(16)18-19-15(20-21-18)11-10-12-6-2-1-3-7-12/h1-7,13-14H,8-11H2,(H,19,20,21)/t13-,14-/m0/s1. The summed E-state index contributed by atoms with van der Waals surface area (Å²) < 4.78 is 0. The molecular formula is C18H18N4O2. The molecule has 24 heavy (non-hydrogen) atoms. The van der Waals surface area contributed by atoms with Crippen LogP contribution in [0, 0.1) is 11.8 Å². The Morgan fingerprint density at radius 2 is 1.67 bits per heavy atom. The van der Waals surface area contributed by atoms with Crippen molar-refractivity contribution in [3.05, 3.63) is 53.9 Å². The second-order valence-corrected chi connectivity index (χ2v) is 6.24. The van der Waals surface area contributed by atoms with Crippen molar-refractivity contribution in [1.82, 2.24) is 15.2 Å². The van der Waals surface area contributed by atoms with E-state index in [2.05, 4.69) is 27.3 Å². The molecule has 2 aliphatic rings. The first-order valence-electron chi connectivity index (χ1n) is 8.22. The number of fused-ring (bicyclic) bond motifs is 1. The zero-order valence-electron chi connectivity index (χ0n) is 13.2. The summed E-state index contributed by atoms with van der Waals surface area (Å²) in [4.78, 5) is 30.6. The molecule has 1 aliphatic carbocycles. The molecule has 1 aliphatic heterocycles. The fourth-order valence-electron chi connectivity index (χ4n) is 3.40. The highest BCUT2D eigenvalue weighted by atomic mass is 16.2. The van der Waals surface area contributed by atoms with Gasteiger partial charge in [-0.3, -0.25) is 14.7 Å². The van der Waals surface area contributed by atoms with Gasteiger partial charge in [-0.05, 0) is 24.8 Å². The largest absolute Gasteiger partial charge is 0.274 e. The number of aryl methyl sites for hydroxylation is 2. The number of aromatic amines is 1. The number of aromatic nitrogens is 3. The number of allylic oxidation sites excluding steroid dienone is 2. The van der Waals surface area contributed by atoms with Gasteiger partial charge in [-0.2, -0.15) is 4.98 Å². The Morgan fingerprint density at radius 1 is 1.00 bits per heavy atom. The molecule has 4 rings (SSSR count). The van der Waals surface area contributed by atoms with Crippen molar-refractivity contribution >= 4 is 17.8 Å². The van der Waals surface area contributed by atoms with Gasteiger partial charge in [0.25, 0.3) is 5.95 Å². The minimum atomic E-state index is -0.256.